The first-order chi connectivity index (χ1) is 12.1. The molecule has 3 heterocycles. The third-order valence-corrected chi connectivity index (χ3v) is 5.37. The molecule has 1 aromatic carbocycles. The zero-order chi connectivity index (χ0) is 17.4. The van der Waals surface area contributed by atoms with Crippen LogP contribution in [0, 0.1) is 0 Å². The Morgan fingerprint density at radius 3 is 2.76 bits per heavy atom. The molecule has 0 radical (unpaired) electrons. The van der Waals surface area contributed by atoms with Crippen molar-refractivity contribution in [3.8, 4) is 0 Å². The summed E-state index contributed by atoms with van der Waals surface area (Å²) in [5, 5.41) is 6.44. The van der Waals surface area contributed by atoms with Gasteiger partial charge in [-0.25, -0.2) is 9.69 Å². The second kappa shape index (κ2) is 6.50. The monoisotopic (exact) mass is 357 g/mol. The van der Waals surface area contributed by atoms with E-state index in [2.05, 4.69) is 17.3 Å². The number of amides is 2. The molecule has 2 aromatic rings. The first-order valence-corrected chi connectivity index (χ1v) is 9.23. The van der Waals surface area contributed by atoms with Gasteiger partial charge in [-0.15, -0.1) is 11.3 Å². The smallest absolute Gasteiger partial charge is 0.419 e. The SMILES string of the molecule is CN1CCC(OC(=O)N2c3ccccc3NC(=O)c3cscc32)CC1. The molecule has 2 aliphatic heterocycles. The summed E-state index contributed by atoms with van der Waals surface area (Å²) in [7, 11) is 2.07. The van der Waals surface area contributed by atoms with Gasteiger partial charge in [0.15, 0.2) is 0 Å². The number of thiophene rings is 1. The van der Waals surface area contributed by atoms with Crippen LogP contribution in [-0.4, -0.2) is 43.1 Å². The molecular weight excluding hydrogens is 338 g/mol. The van der Waals surface area contributed by atoms with Crippen molar-refractivity contribution in [2.45, 2.75) is 18.9 Å². The third kappa shape index (κ3) is 3.01. The van der Waals surface area contributed by atoms with Crippen LogP contribution in [-0.2, 0) is 4.74 Å². The topological polar surface area (TPSA) is 61.9 Å². The van der Waals surface area contributed by atoms with Gasteiger partial charge >= 0.3 is 6.09 Å². The third-order valence-electron chi connectivity index (χ3n) is 4.64. The lowest BCUT2D eigenvalue weighted by molar-refractivity contribution is 0.0632. The molecule has 0 saturated carbocycles. The standard InChI is InChI=1S/C18H19N3O3S/c1-20-8-6-12(7-9-20)24-18(23)21-15-5-3-2-4-14(15)19-17(22)13-10-25-11-16(13)21/h2-5,10-12H,6-9H2,1H3,(H,19,22). The van der Waals surface area contributed by atoms with E-state index in [-0.39, 0.29) is 12.0 Å². The van der Waals surface area contributed by atoms with Crippen molar-refractivity contribution in [1.82, 2.24) is 4.90 Å². The van der Waals surface area contributed by atoms with Crippen LogP contribution in [0.5, 0.6) is 0 Å². The predicted molar refractivity (Wildman–Crippen MR) is 97.9 cm³/mol. The summed E-state index contributed by atoms with van der Waals surface area (Å²) in [5.41, 5.74) is 2.30. The van der Waals surface area contributed by atoms with E-state index in [1.54, 1.807) is 11.4 Å². The van der Waals surface area contributed by atoms with Crippen molar-refractivity contribution in [2.24, 2.45) is 0 Å². The van der Waals surface area contributed by atoms with Gasteiger partial charge in [0.2, 0.25) is 0 Å². The van der Waals surface area contributed by atoms with Crippen LogP contribution in [0.15, 0.2) is 35.0 Å². The first-order valence-electron chi connectivity index (χ1n) is 8.29. The van der Waals surface area contributed by atoms with Gasteiger partial charge in [-0.3, -0.25) is 4.79 Å². The molecule has 4 rings (SSSR count). The second-order valence-corrected chi connectivity index (χ2v) is 7.11. The van der Waals surface area contributed by atoms with Crippen molar-refractivity contribution >= 4 is 40.4 Å². The number of hydrogen-bond donors (Lipinski definition) is 1. The minimum Gasteiger partial charge on any atom is -0.445 e. The maximum absolute atomic E-state index is 13.0. The number of fused-ring (bicyclic) bond motifs is 2. The molecule has 130 valence electrons. The summed E-state index contributed by atoms with van der Waals surface area (Å²) in [5.74, 6) is -0.210. The van der Waals surface area contributed by atoms with Crippen LogP contribution in [0.25, 0.3) is 0 Å². The number of hydrogen-bond acceptors (Lipinski definition) is 5. The molecule has 2 amide bonds. The van der Waals surface area contributed by atoms with Crippen LogP contribution in [0.3, 0.4) is 0 Å². The number of nitrogens with zero attached hydrogens (tertiary/aromatic N) is 2. The molecule has 0 aliphatic carbocycles. The predicted octanol–water partition coefficient (Wildman–Crippen LogP) is 3.68. The Labute approximate surface area is 150 Å². The van der Waals surface area contributed by atoms with Gasteiger partial charge in [-0.05, 0) is 32.0 Å². The van der Waals surface area contributed by atoms with Crippen molar-refractivity contribution in [1.29, 1.82) is 0 Å². The van der Waals surface area contributed by atoms with Crippen molar-refractivity contribution in [3.63, 3.8) is 0 Å². The van der Waals surface area contributed by atoms with E-state index in [1.807, 2.05) is 23.6 Å². The number of nitrogens with one attached hydrogen (secondary N) is 1. The number of rotatable bonds is 1. The summed E-state index contributed by atoms with van der Waals surface area (Å²) in [6, 6.07) is 7.28. The molecule has 0 bridgehead atoms. The lowest BCUT2D eigenvalue weighted by Crippen LogP contribution is -2.38. The van der Waals surface area contributed by atoms with Gasteiger partial charge in [-0.2, -0.15) is 0 Å². The van der Waals surface area contributed by atoms with E-state index in [9.17, 15) is 9.59 Å². The molecule has 1 N–H and O–H groups in total. The number of likely N-dealkylation sites (tertiary alicyclic amines) is 1. The molecule has 6 nitrogen and oxygen atoms in total. The average molecular weight is 357 g/mol. The number of ether oxygens (including phenoxy) is 1. The van der Waals surface area contributed by atoms with Gasteiger partial charge in [0.05, 0.1) is 22.6 Å². The normalized spacial score (nSPS) is 18.1. The highest BCUT2D eigenvalue weighted by Crippen LogP contribution is 2.40. The number of benzene rings is 1. The van der Waals surface area contributed by atoms with Gasteiger partial charge < -0.3 is 15.0 Å². The lowest BCUT2D eigenvalue weighted by atomic mass is 10.1. The van der Waals surface area contributed by atoms with Gasteiger partial charge in [0.1, 0.15) is 6.10 Å². The van der Waals surface area contributed by atoms with Crippen LogP contribution in [0.1, 0.15) is 23.2 Å². The average Bonchev–Trinajstić information content (AvgIpc) is 3.04. The summed E-state index contributed by atoms with van der Waals surface area (Å²) in [4.78, 5) is 29.2. The van der Waals surface area contributed by atoms with Crippen molar-refractivity contribution < 1.29 is 14.3 Å². The van der Waals surface area contributed by atoms with Crippen LogP contribution < -0.4 is 10.2 Å². The van der Waals surface area contributed by atoms with E-state index in [0.29, 0.717) is 22.6 Å². The maximum Gasteiger partial charge on any atom is 0.419 e. The fourth-order valence-corrected chi connectivity index (χ4v) is 4.02. The number of carbonyl (C=O) groups is 2. The Kier molecular flexibility index (Phi) is 4.19. The summed E-state index contributed by atoms with van der Waals surface area (Å²) in [6.07, 6.45) is 1.12. The fraction of sp³-hybridized carbons (Fsp3) is 0.333. The minimum atomic E-state index is -0.432. The zero-order valence-electron chi connectivity index (χ0n) is 13.9. The first kappa shape index (κ1) is 16.1. The fourth-order valence-electron chi connectivity index (χ4n) is 3.22. The van der Waals surface area contributed by atoms with Crippen LogP contribution in [0.4, 0.5) is 21.9 Å². The number of carbonyl (C=O) groups excluding carboxylic acids is 2. The molecule has 1 fully saturated rings. The van der Waals surface area contributed by atoms with Crippen LogP contribution >= 0.6 is 11.3 Å². The van der Waals surface area contributed by atoms with E-state index in [4.69, 9.17) is 4.74 Å². The Morgan fingerprint density at radius 1 is 1.20 bits per heavy atom. The maximum atomic E-state index is 13.0. The molecule has 0 unspecified atom stereocenters. The highest BCUT2D eigenvalue weighted by molar-refractivity contribution is 7.08. The molecule has 0 spiro atoms. The minimum absolute atomic E-state index is 0.0927. The van der Waals surface area contributed by atoms with E-state index in [0.717, 1.165) is 25.9 Å². The number of anilines is 3. The van der Waals surface area contributed by atoms with E-state index >= 15 is 0 Å². The summed E-state index contributed by atoms with van der Waals surface area (Å²) in [6.45, 7) is 1.83. The highest BCUT2D eigenvalue weighted by Gasteiger charge is 2.32. The number of para-hydroxylation sites is 2. The van der Waals surface area contributed by atoms with Crippen LogP contribution in [0.2, 0.25) is 0 Å². The Bertz CT molecular complexity index is 811. The Balaban J connectivity index is 1.67. The van der Waals surface area contributed by atoms with E-state index < -0.39 is 6.09 Å². The van der Waals surface area contributed by atoms with Gasteiger partial charge in [0.25, 0.3) is 5.91 Å². The number of piperidine rings is 1. The summed E-state index contributed by atoms with van der Waals surface area (Å²) < 4.78 is 5.78. The molecule has 25 heavy (non-hydrogen) atoms. The molecule has 1 aromatic heterocycles. The second-order valence-electron chi connectivity index (χ2n) is 6.36. The Hall–Kier alpha value is -2.38. The van der Waals surface area contributed by atoms with Crippen molar-refractivity contribution in [3.05, 3.63) is 40.6 Å². The van der Waals surface area contributed by atoms with Crippen molar-refractivity contribution in [2.75, 3.05) is 30.4 Å². The quantitative estimate of drug-likeness (QED) is 0.846. The highest BCUT2D eigenvalue weighted by atomic mass is 32.1. The van der Waals surface area contributed by atoms with Gasteiger partial charge in [0, 0.05) is 23.8 Å². The largest absolute Gasteiger partial charge is 0.445 e. The van der Waals surface area contributed by atoms with E-state index in [1.165, 1.54) is 16.2 Å². The summed E-state index contributed by atoms with van der Waals surface area (Å²) >= 11 is 1.39. The molecule has 7 heteroatoms. The molecular formula is C18H19N3O3S. The Morgan fingerprint density at radius 2 is 1.96 bits per heavy atom. The molecule has 2 aliphatic rings. The molecule has 0 atom stereocenters. The molecule has 1 saturated heterocycles. The van der Waals surface area contributed by atoms with Gasteiger partial charge in [-0.1, -0.05) is 12.1 Å². The lowest BCUT2D eigenvalue weighted by Gasteiger charge is -2.30. The zero-order valence-corrected chi connectivity index (χ0v) is 14.7.